The molecule has 2 N–H and O–H groups in total. The highest BCUT2D eigenvalue weighted by Gasteiger charge is 2.16. The second-order valence-corrected chi connectivity index (χ2v) is 6.07. The topological polar surface area (TPSA) is 69.3 Å². The molecular weight excluding hydrogens is 314 g/mol. The summed E-state index contributed by atoms with van der Waals surface area (Å²) in [6, 6.07) is 16.9. The van der Waals surface area contributed by atoms with E-state index in [2.05, 4.69) is 0 Å². The van der Waals surface area contributed by atoms with Gasteiger partial charge in [0.25, 0.3) is 0 Å². The summed E-state index contributed by atoms with van der Waals surface area (Å²) < 4.78 is 1.87. The van der Waals surface area contributed by atoms with Crippen LogP contribution in [0.25, 0.3) is 10.9 Å². The van der Waals surface area contributed by atoms with Crippen LogP contribution >= 0.6 is 0 Å². The Morgan fingerprint density at radius 3 is 2.68 bits per heavy atom. The molecule has 5 heteroatoms. The van der Waals surface area contributed by atoms with Gasteiger partial charge in [0, 0.05) is 35.9 Å². The number of likely N-dealkylation sites (N-methyl/N-ethyl adjacent to an activating group) is 1. The van der Waals surface area contributed by atoms with Crippen LogP contribution in [0.5, 0.6) is 0 Å². The number of hydrogen-bond acceptors (Lipinski definition) is 3. The molecule has 1 unspecified atom stereocenters. The van der Waals surface area contributed by atoms with Crippen molar-refractivity contribution in [3.63, 3.8) is 0 Å². The molecule has 0 saturated heterocycles. The zero-order chi connectivity index (χ0) is 17.8. The largest absolute Gasteiger partial charge is 0.387 e. The minimum absolute atomic E-state index is 0.0762. The van der Waals surface area contributed by atoms with Crippen molar-refractivity contribution in [3.8, 4) is 0 Å². The quantitative estimate of drug-likeness (QED) is 0.680. The highest BCUT2D eigenvalue weighted by Crippen LogP contribution is 2.19. The van der Waals surface area contributed by atoms with Crippen LogP contribution in [0.1, 0.15) is 17.2 Å². The van der Waals surface area contributed by atoms with Gasteiger partial charge < -0.3 is 20.0 Å². The zero-order valence-electron chi connectivity index (χ0n) is 14.1. The van der Waals surface area contributed by atoms with Gasteiger partial charge in [0.1, 0.15) is 6.54 Å². The van der Waals surface area contributed by atoms with E-state index in [0.29, 0.717) is 0 Å². The lowest BCUT2D eigenvalue weighted by Crippen LogP contribution is -2.33. The van der Waals surface area contributed by atoms with Crippen molar-refractivity contribution < 1.29 is 9.90 Å². The molecule has 1 heterocycles. The molecule has 25 heavy (non-hydrogen) atoms. The van der Waals surface area contributed by atoms with E-state index in [9.17, 15) is 9.90 Å². The number of rotatable bonds is 6. The van der Waals surface area contributed by atoms with Crippen LogP contribution in [0.4, 0.5) is 0 Å². The molecule has 0 radical (unpaired) electrons. The van der Waals surface area contributed by atoms with E-state index < -0.39 is 6.10 Å². The first-order valence-electron chi connectivity index (χ1n) is 8.15. The van der Waals surface area contributed by atoms with Gasteiger partial charge in [-0.25, -0.2) is 0 Å². The maximum Gasteiger partial charge on any atom is 0.242 e. The van der Waals surface area contributed by atoms with Gasteiger partial charge in [0.05, 0.1) is 12.6 Å². The van der Waals surface area contributed by atoms with Crippen LogP contribution in [-0.4, -0.2) is 40.3 Å². The smallest absolute Gasteiger partial charge is 0.242 e. The number of nitrogens with one attached hydrogen (secondary N) is 1. The molecule has 1 aromatic heterocycles. The van der Waals surface area contributed by atoms with Crippen molar-refractivity contribution >= 4 is 23.0 Å². The predicted molar refractivity (Wildman–Crippen MR) is 98.9 cm³/mol. The van der Waals surface area contributed by atoms with Crippen LogP contribution in [0.3, 0.4) is 0 Å². The zero-order valence-corrected chi connectivity index (χ0v) is 14.1. The van der Waals surface area contributed by atoms with Crippen molar-refractivity contribution in [2.75, 3.05) is 13.6 Å². The monoisotopic (exact) mass is 335 g/mol. The van der Waals surface area contributed by atoms with Gasteiger partial charge >= 0.3 is 0 Å². The first-order valence-corrected chi connectivity index (χ1v) is 8.15. The second kappa shape index (κ2) is 7.32. The number of aliphatic hydroxyl groups is 1. The summed E-state index contributed by atoms with van der Waals surface area (Å²) in [5, 5.41) is 18.7. The summed E-state index contributed by atoms with van der Waals surface area (Å²) in [7, 11) is 1.70. The lowest BCUT2D eigenvalue weighted by molar-refractivity contribution is -0.131. The van der Waals surface area contributed by atoms with Crippen LogP contribution in [0, 0.1) is 5.41 Å². The van der Waals surface area contributed by atoms with E-state index in [4.69, 9.17) is 5.41 Å². The summed E-state index contributed by atoms with van der Waals surface area (Å²) in [6.07, 6.45) is 2.47. The molecular formula is C20H21N3O2. The molecule has 3 rings (SSSR count). The van der Waals surface area contributed by atoms with E-state index in [0.717, 1.165) is 22.0 Å². The fourth-order valence-corrected chi connectivity index (χ4v) is 2.92. The van der Waals surface area contributed by atoms with Gasteiger partial charge in [-0.1, -0.05) is 42.5 Å². The Bertz CT molecular complexity index is 886. The van der Waals surface area contributed by atoms with Gasteiger partial charge in [0.15, 0.2) is 0 Å². The van der Waals surface area contributed by atoms with Crippen LogP contribution < -0.4 is 0 Å². The number of nitrogens with zero attached hydrogens (tertiary/aromatic N) is 2. The second-order valence-electron chi connectivity index (χ2n) is 6.07. The summed E-state index contributed by atoms with van der Waals surface area (Å²) in [4.78, 5) is 14.1. The molecule has 0 aliphatic rings. The maximum atomic E-state index is 12.5. The van der Waals surface area contributed by atoms with Crippen LogP contribution in [-0.2, 0) is 11.3 Å². The molecule has 128 valence electrons. The Hall–Kier alpha value is -2.92. The third-order valence-corrected chi connectivity index (χ3v) is 4.37. The lowest BCUT2D eigenvalue weighted by atomic mass is 10.1. The molecule has 2 aromatic carbocycles. The molecule has 0 fully saturated rings. The average molecular weight is 335 g/mol. The highest BCUT2D eigenvalue weighted by molar-refractivity contribution is 5.98. The van der Waals surface area contributed by atoms with Crippen molar-refractivity contribution in [1.29, 1.82) is 5.41 Å². The van der Waals surface area contributed by atoms with E-state index in [-0.39, 0.29) is 19.0 Å². The number of carbonyl (C=O) groups is 1. The van der Waals surface area contributed by atoms with Crippen molar-refractivity contribution in [2.24, 2.45) is 0 Å². The Labute approximate surface area is 146 Å². The number of benzene rings is 2. The summed E-state index contributed by atoms with van der Waals surface area (Å²) in [6.45, 7) is 0.441. The van der Waals surface area contributed by atoms with Crippen molar-refractivity contribution in [2.45, 2.75) is 12.6 Å². The van der Waals surface area contributed by atoms with Gasteiger partial charge in [-0.05, 0) is 17.7 Å². The number of amides is 1. The number of aliphatic hydroxyl groups excluding tert-OH is 1. The third kappa shape index (κ3) is 3.61. The van der Waals surface area contributed by atoms with Crippen LogP contribution in [0.15, 0.2) is 60.8 Å². The Balaban J connectivity index is 1.71. The minimum atomic E-state index is -0.707. The fraction of sp³-hybridized carbons (Fsp3) is 0.200. The molecule has 3 aromatic rings. The normalized spacial score (nSPS) is 12.1. The van der Waals surface area contributed by atoms with Crippen molar-refractivity contribution in [1.82, 2.24) is 9.47 Å². The first kappa shape index (κ1) is 16.9. The number of aromatic nitrogens is 1. The molecule has 5 nitrogen and oxygen atoms in total. The number of carbonyl (C=O) groups excluding carboxylic acids is 1. The van der Waals surface area contributed by atoms with E-state index >= 15 is 0 Å². The average Bonchev–Trinajstić information content (AvgIpc) is 3.05. The van der Waals surface area contributed by atoms with Crippen molar-refractivity contribution in [3.05, 3.63) is 71.9 Å². The SMILES string of the molecule is CN(CC(O)c1ccccc1)C(=O)Cn1ccc2c(C=N)cccc21. The Morgan fingerprint density at radius 1 is 1.20 bits per heavy atom. The molecule has 0 aliphatic carbocycles. The summed E-state index contributed by atoms with van der Waals surface area (Å²) in [5.41, 5.74) is 2.55. The predicted octanol–water partition coefficient (Wildman–Crippen LogP) is 2.83. The van der Waals surface area contributed by atoms with E-state index in [1.807, 2.05) is 65.4 Å². The van der Waals surface area contributed by atoms with E-state index in [1.54, 1.807) is 11.9 Å². The third-order valence-electron chi connectivity index (χ3n) is 4.37. The summed E-state index contributed by atoms with van der Waals surface area (Å²) in [5.74, 6) is -0.0762. The van der Waals surface area contributed by atoms with E-state index in [1.165, 1.54) is 6.21 Å². The minimum Gasteiger partial charge on any atom is -0.387 e. The van der Waals surface area contributed by atoms with Gasteiger partial charge in [0.2, 0.25) is 5.91 Å². The standard InChI is InChI=1S/C20H21N3O2/c1-22(13-19(24)15-6-3-2-4-7-15)20(25)14-23-11-10-17-16(12-21)8-5-9-18(17)23/h2-12,19,21,24H,13-14H2,1H3. The number of hydrogen-bond donors (Lipinski definition) is 2. The van der Waals surface area contributed by atoms with Gasteiger partial charge in [-0.3, -0.25) is 4.79 Å². The Morgan fingerprint density at radius 2 is 1.96 bits per heavy atom. The van der Waals surface area contributed by atoms with Gasteiger partial charge in [-0.15, -0.1) is 0 Å². The Kier molecular flexibility index (Phi) is 4.95. The molecule has 0 aliphatic heterocycles. The molecule has 1 atom stereocenters. The molecule has 1 amide bonds. The first-order chi connectivity index (χ1) is 12.1. The van der Waals surface area contributed by atoms with Gasteiger partial charge in [-0.2, -0.15) is 0 Å². The summed E-state index contributed by atoms with van der Waals surface area (Å²) >= 11 is 0. The van der Waals surface area contributed by atoms with Crippen LogP contribution in [0.2, 0.25) is 0 Å². The maximum absolute atomic E-state index is 12.5. The lowest BCUT2D eigenvalue weighted by Gasteiger charge is -2.21. The molecule has 0 bridgehead atoms. The highest BCUT2D eigenvalue weighted by atomic mass is 16.3. The number of fused-ring (bicyclic) bond motifs is 1. The molecule has 0 spiro atoms. The molecule has 0 saturated carbocycles. The fourth-order valence-electron chi connectivity index (χ4n) is 2.92.